The fourth-order valence-corrected chi connectivity index (χ4v) is 4.43. The van der Waals surface area contributed by atoms with Crippen LogP contribution < -0.4 is 10.2 Å². The molecular weight excluding hydrogens is 398 g/mol. The van der Waals surface area contributed by atoms with E-state index in [0.717, 1.165) is 5.56 Å². The van der Waals surface area contributed by atoms with E-state index < -0.39 is 22.5 Å². The SMILES string of the molecule is COC(=O)C(C)(C)CN1CCC(O)(CNC(=O)N2C(=O)C(C)(C)c3ccccc32)CC1. The third-order valence-electron chi connectivity index (χ3n) is 6.47. The number of carbonyl (C=O) groups is 3. The van der Waals surface area contributed by atoms with Gasteiger partial charge in [0.15, 0.2) is 0 Å². The van der Waals surface area contributed by atoms with E-state index in [9.17, 15) is 19.5 Å². The summed E-state index contributed by atoms with van der Waals surface area (Å²) in [6, 6.07) is 6.75. The van der Waals surface area contributed by atoms with E-state index in [1.54, 1.807) is 26.0 Å². The van der Waals surface area contributed by atoms with Crippen LogP contribution in [-0.4, -0.2) is 66.8 Å². The number of hydrogen-bond acceptors (Lipinski definition) is 6. The predicted molar refractivity (Wildman–Crippen MR) is 117 cm³/mol. The largest absolute Gasteiger partial charge is 0.469 e. The van der Waals surface area contributed by atoms with Crippen molar-refractivity contribution in [3.05, 3.63) is 29.8 Å². The number of amides is 3. The number of nitrogens with one attached hydrogen (secondary N) is 1. The molecule has 0 radical (unpaired) electrons. The third-order valence-corrected chi connectivity index (χ3v) is 6.47. The second kappa shape index (κ2) is 8.24. The van der Waals surface area contributed by atoms with Gasteiger partial charge in [0.25, 0.3) is 0 Å². The second-order valence-corrected chi connectivity index (χ2v) is 9.82. The molecule has 8 heteroatoms. The van der Waals surface area contributed by atoms with Gasteiger partial charge >= 0.3 is 12.0 Å². The minimum atomic E-state index is -1.06. The Balaban J connectivity index is 1.58. The average Bonchev–Trinajstić information content (AvgIpc) is 2.93. The van der Waals surface area contributed by atoms with Crippen LogP contribution in [-0.2, 0) is 19.7 Å². The van der Waals surface area contributed by atoms with E-state index in [1.165, 1.54) is 12.0 Å². The minimum Gasteiger partial charge on any atom is -0.469 e. The summed E-state index contributed by atoms with van der Waals surface area (Å²) in [6.45, 7) is 9.10. The molecule has 1 saturated heterocycles. The van der Waals surface area contributed by atoms with Crippen LogP contribution in [0, 0.1) is 5.41 Å². The predicted octanol–water partition coefficient (Wildman–Crippen LogP) is 2.05. The molecule has 2 aliphatic heterocycles. The number of carbonyl (C=O) groups excluding carboxylic acids is 3. The monoisotopic (exact) mass is 431 g/mol. The van der Waals surface area contributed by atoms with Crippen LogP contribution in [0.4, 0.5) is 10.5 Å². The molecule has 1 fully saturated rings. The highest BCUT2D eigenvalue weighted by Gasteiger charge is 2.47. The zero-order valence-corrected chi connectivity index (χ0v) is 19.0. The summed E-state index contributed by atoms with van der Waals surface area (Å²) in [5.74, 6) is -0.544. The molecule has 2 N–H and O–H groups in total. The van der Waals surface area contributed by atoms with Crippen molar-refractivity contribution in [1.29, 1.82) is 0 Å². The Morgan fingerprint density at radius 3 is 2.42 bits per heavy atom. The number of benzene rings is 1. The number of urea groups is 1. The van der Waals surface area contributed by atoms with E-state index in [1.807, 2.05) is 26.0 Å². The molecule has 0 aromatic heterocycles. The Hall–Kier alpha value is -2.45. The van der Waals surface area contributed by atoms with E-state index in [4.69, 9.17) is 4.74 Å². The summed E-state index contributed by atoms with van der Waals surface area (Å²) in [6.07, 6.45) is 0.918. The molecule has 0 bridgehead atoms. The number of ether oxygens (including phenoxy) is 1. The molecule has 8 nitrogen and oxygen atoms in total. The van der Waals surface area contributed by atoms with Gasteiger partial charge in [0.1, 0.15) is 0 Å². The minimum absolute atomic E-state index is 0.0619. The van der Waals surface area contributed by atoms with Crippen LogP contribution >= 0.6 is 0 Å². The van der Waals surface area contributed by atoms with Crippen LogP contribution in [0.15, 0.2) is 24.3 Å². The van der Waals surface area contributed by atoms with Gasteiger partial charge in [-0.15, -0.1) is 0 Å². The van der Waals surface area contributed by atoms with Gasteiger partial charge in [0.2, 0.25) is 5.91 Å². The number of para-hydroxylation sites is 1. The van der Waals surface area contributed by atoms with Crippen molar-refractivity contribution in [3.8, 4) is 0 Å². The fraction of sp³-hybridized carbons (Fsp3) is 0.609. The number of hydrogen-bond donors (Lipinski definition) is 2. The Labute approximate surface area is 183 Å². The first-order chi connectivity index (χ1) is 14.4. The highest BCUT2D eigenvalue weighted by atomic mass is 16.5. The highest BCUT2D eigenvalue weighted by Crippen LogP contribution is 2.41. The van der Waals surface area contributed by atoms with Crippen LogP contribution in [0.5, 0.6) is 0 Å². The van der Waals surface area contributed by atoms with E-state index >= 15 is 0 Å². The van der Waals surface area contributed by atoms with Crippen molar-refractivity contribution >= 4 is 23.6 Å². The first-order valence-corrected chi connectivity index (χ1v) is 10.7. The van der Waals surface area contributed by atoms with Crippen LogP contribution in [0.2, 0.25) is 0 Å². The van der Waals surface area contributed by atoms with Gasteiger partial charge in [0, 0.05) is 26.2 Å². The third kappa shape index (κ3) is 4.45. The van der Waals surface area contributed by atoms with Gasteiger partial charge in [0.05, 0.1) is 29.2 Å². The lowest BCUT2D eigenvalue weighted by atomic mass is 9.86. The van der Waals surface area contributed by atoms with Crippen molar-refractivity contribution in [2.45, 2.75) is 51.6 Å². The number of imide groups is 1. The van der Waals surface area contributed by atoms with Crippen LogP contribution in [0.1, 0.15) is 46.1 Å². The lowest BCUT2D eigenvalue weighted by Crippen LogP contribution is -2.55. The number of esters is 1. The Bertz CT molecular complexity index is 872. The zero-order chi connectivity index (χ0) is 23.0. The van der Waals surface area contributed by atoms with Gasteiger partial charge in [-0.05, 0) is 52.2 Å². The molecule has 31 heavy (non-hydrogen) atoms. The first-order valence-electron chi connectivity index (χ1n) is 10.7. The van der Waals surface area contributed by atoms with Crippen LogP contribution in [0.25, 0.3) is 0 Å². The number of fused-ring (bicyclic) bond motifs is 1. The van der Waals surface area contributed by atoms with Crippen LogP contribution in [0.3, 0.4) is 0 Å². The van der Waals surface area contributed by atoms with Gasteiger partial charge in [-0.3, -0.25) is 9.59 Å². The molecule has 0 aliphatic carbocycles. The molecule has 0 atom stereocenters. The molecule has 2 aliphatic rings. The molecule has 3 amide bonds. The summed E-state index contributed by atoms with van der Waals surface area (Å²) in [4.78, 5) is 41.0. The number of methoxy groups -OCH3 is 1. The van der Waals surface area contributed by atoms with Gasteiger partial charge in [-0.25, -0.2) is 9.69 Å². The number of nitrogens with zero attached hydrogens (tertiary/aromatic N) is 2. The number of piperidine rings is 1. The Morgan fingerprint density at radius 1 is 1.19 bits per heavy atom. The quantitative estimate of drug-likeness (QED) is 0.693. The van der Waals surface area contributed by atoms with Crippen molar-refractivity contribution in [1.82, 2.24) is 10.2 Å². The molecule has 3 rings (SSSR count). The lowest BCUT2D eigenvalue weighted by molar-refractivity contribution is -0.152. The average molecular weight is 432 g/mol. The molecule has 2 heterocycles. The van der Waals surface area contributed by atoms with Gasteiger partial charge in [-0.2, -0.15) is 0 Å². The summed E-state index contributed by atoms with van der Waals surface area (Å²) in [5, 5.41) is 13.7. The molecule has 170 valence electrons. The van der Waals surface area contributed by atoms with E-state index in [-0.39, 0.29) is 18.4 Å². The number of aliphatic hydroxyl groups is 1. The smallest absolute Gasteiger partial charge is 0.328 e. The number of rotatable bonds is 5. The summed E-state index contributed by atoms with van der Waals surface area (Å²) in [7, 11) is 1.38. The molecule has 0 spiro atoms. The maximum atomic E-state index is 12.9. The summed E-state index contributed by atoms with van der Waals surface area (Å²) >= 11 is 0. The fourth-order valence-electron chi connectivity index (χ4n) is 4.43. The topological polar surface area (TPSA) is 99.2 Å². The van der Waals surface area contributed by atoms with Crippen molar-refractivity contribution in [2.24, 2.45) is 5.41 Å². The normalized spacial score (nSPS) is 20.3. The number of anilines is 1. The van der Waals surface area contributed by atoms with Crippen molar-refractivity contribution < 1.29 is 24.2 Å². The molecule has 1 aromatic carbocycles. The van der Waals surface area contributed by atoms with Gasteiger partial charge < -0.3 is 20.1 Å². The highest BCUT2D eigenvalue weighted by molar-refractivity contribution is 6.22. The standard InChI is InChI=1S/C23H33N3O5/c1-21(2,19(28)31-5)15-25-12-10-23(30,11-13-25)14-24-20(29)26-17-9-7-6-8-16(17)22(3,4)18(26)27/h6-9,30H,10-15H2,1-5H3,(H,24,29). The van der Waals surface area contributed by atoms with Gasteiger partial charge in [-0.1, -0.05) is 18.2 Å². The van der Waals surface area contributed by atoms with Crippen molar-refractivity contribution in [2.75, 3.05) is 38.2 Å². The molecular formula is C23H33N3O5. The Kier molecular flexibility index (Phi) is 6.17. The number of likely N-dealkylation sites (tertiary alicyclic amines) is 1. The second-order valence-electron chi connectivity index (χ2n) is 9.82. The molecule has 1 aromatic rings. The summed E-state index contributed by atoms with van der Waals surface area (Å²) < 4.78 is 4.86. The molecule has 0 saturated carbocycles. The maximum Gasteiger partial charge on any atom is 0.328 e. The molecule has 0 unspecified atom stereocenters. The first kappa shape index (κ1) is 23.2. The zero-order valence-electron chi connectivity index (χ0n) is 19.0. The van der Waals surface area contributed by atoms with E-state index in [2.05, 4.69) is 10.2 Å². The Morgan fingerprint density at radius 2 is 1.81 bits per heavy atom. The maximum absolute atomic E-state index is 12.9. The summed E-state index contributed by atoms with van der Waals surface area (Å²) in [5.41, 5.74) is -1.06. The van der Waals surface area contributed by atoms with E-state index in [0.29, 0.717) is 38.2 Å². The van der Waals surface area contributed by atoms with Crippen molar-refractivity contribution in [3.63, 3.8) is 0 Å². The lowest BCUT2D eigenvalue weighted by Gasteiger charge is -2.40.